The number of methoxy groups -OCH3 is 1. The van der Waals surface area contributed by atoms with Crippen LogP contribution in [-0.2, 0) is 25.7 Å². The van der Waals surface area contributed by atoms with Crippen LogP contribution in [0.2, 0.25) is 0 Å². The van der Waals surface area contributed by atoms with Gasteiger partial charge < -0.3 is 26.2 Å². The van der Waals surface area contributed by atoms with Gasteiger partial charge in [0, 0.05) is 13.7 Å². The maximum absolute atomic E-state index is 12.2. The van der Waals surface area contributed by atoms with Gasteiger partial charge in [0.15, 0.2) is 0 Å². The Morgan fingerprint density at radius 3 is 2.26 bits per heavy atom. The summed E-state index contributed by atoms with van der Waals surface area (Å²) >= 11 is 0. The summed E-state index contributed by atoms with van der Waals surface area (Å²) in [5, 5.41) is 14.8. The molecule has 0 fully saturated rings. The summed E-state index contributed by atoms with van der Waals surface area (Å²) < 4.78 is 36.6. The van der Waals surface area contributed by atoms with E-state index in [2.05, 4.69) is 10.6 Å². The molecule has 11 heteroatoms. The third-order valence-electron chi connectivity index (χ3n) is 4.01. The zero-order valence-corrected chi connectivity index (χ0v) is 16.9. The first kappa shape index (κ1) is 25.9. The molecule has 0 radical (unpaired) electrons. The van der Waals surface area contributed by atoms with Crippen LogP contribution in [0.25, 0.3) is 10.8 Å². The summed E-state index contributed by atoms with van der Waals surface area (Å²) in [6.07, 6.45) is -5.08. The molecule has 0 aliphatic carbocycles. The van der Waals surface area contributed by atoms with Gasteiger partial charge in [-0.2, -0.15) is 13.2 Å². The topological polar surface area (TPSA) is 131 Å². The smallest absolute Gasteiger partial charge is 0.475 e. The second kappa shape index (κ2) is 11.9. The Labute approximate surface area is 176 Å². The molecule has 0 saturated carbocycles. The van der Waals surface area contributed by atoms with Crippen molar-refractivity contribution in [2.75, 3.05) is 13.7 Å². The molecule has 5 N–H and O–H groups in total. The Hall–Kier alpha value is -3.18. The van der Waals surface area contributed by atoms with E-state index in [9.17, 15) is 22.8 Å². The quantitative estimate of drug-likeness (QED) is 0.514. The molecule has 2 aromatic carbocycles. The molecule has 2 amide bonds. The summed E-state index contributed by atoms with van der Waals surface area (Å²) in [6, 6.07) is 12.5. The number of hydrogen-bond donors (Lipinski definition) is 4. The lowest BCUT2D eigenvalue weighted by molar-refractivity contribution is -0.192. The van der Waals surface area contributed by atoms with Gasteiger partial charge in [-0.15, -0.1) is 0 Å². The fourth-order valence-corrected chi connectivity index (χ4v) is 2.42. The zero-order valence-electron chi connectivity index (χ0n) is 16.9. The van der Waals surface area contributed by atoms with Crippen LogP contribution in [0.5, 0.6) is 0 Å². The van der Waals surface area contributed by atoms with Gasteiger partial charge in [0.05, 0.1) is 6.61 Å². The minimum absolute atomic E-state index is 0.107. The minimum Gasteiger partial charge on any atom is -0.475 e. The third kappa shape index (κ3) is 8.60. The lowest BCUT2D eigenvalue weighted by atomic mass is 10.0. The number of carbonyl (C=O) groups excluding carboxylic acids is 2. The highest BCUT2D eigenvalue weighted by molar-refractivity contribution is 5.90. The van der Waals surface area contributed by atoms with Crippen LogP contribution in [0, 0.1) is 0 Å². The van der Waals surface area contributed by atoms with Gasteiger partial charge in [-0.3, -0.25) is 9.59 Å². The number of hydrogen-bond acceptors (Lipinski definition) is 5. The number of halogens is 3. The summed E-state index contributed by atoms with van der Waals surface area (Å²) in [6.45, 7) is 2.12. The number of alkyl halides is 3. The predicted molar refractivity (Wildman–Crippen MR) is 107 cm³/mol. The number of nitrogens with two attached hydrogens (primary N) is 1. The fourth-order valence-electron chi connectivity index (χ4n) is 2.42. The number of fused-ring (bicyclic) bond motifs is 1. The van der Waals surface area contributed by atoms with Crippen LogP contribution < -0.4 is 16.4 Å². The lowest BCUT2D eigenvalue weighted by Crippen LogP contribution is -2.51. The van der Waals surface area contributed by atoms with Crippen molar-refractivity contribution in [1.82, 2.24) is 10.6 Å². The molecule has 0 spiro atoms. The van der Waals surface area contributed by atoms with Crippen molar-refractivity contribution < 1.29 is 37.4 Å². The molecule has 0 heterocycles. The van der Waals surface area contributed by atoms with Gasteiger partial charge in [0.2, 0.25) is 11.8 Å². The van der Waals surface area contributed by atoms with Crippen LogP contribution in [-0.4, -0.2) is 54.9 Å². The third-order valence-corrected chi connectivity index (χ3v) is 4.01. The van der Waals surface area contributed by atoms with E-state index in [1.54, 1.807) is 6.92 Å². The molecule has 2 atom stereocenters. The first-order chi connectivity index (χ1) is 14.5. The number of ether oxygens (including phenoxy) is 1. The van der Waals surface area contributed by atoms with E-state index in [0.29, 0.717) is 6.54 Å². The van der Waals surface area contributed by atoms with Crippen molar-refractivity contribution in [3.63, 3.8) is 0 Å². The number of aliphatic carboxylic acids is 1. The monoisotopic (exact) mass is 443 g/mol. The number of amides is 2. The maximum Gasteiger partial charge on any atom is 0.490 e. The Balaban J connectivity index is 0.000000592. The van der Waals surface area contributed by atoms with Crippen molar-refractivity contribution in [3.8, 4) is 0 Å². The SMILES string of the molecule is COC[C@H](N)C(=O)N[C@@H](C)C(=O)NCc1cccc2ccccc12.O=C(O)C(F)(F)F. The average Bonchev–Trinajstić information content (AvgIpc) is 2.71. The first-order valence-corrected chi connectivity index (χ1v) is 9.06. The number of rotatable bonds is 7. The van der Waals surface area contributed by atoms with Gasteiger partial charge >= 0.3 is 12.1 Å². The van der Waals surface area contributed by atoms with Crippen LogP contribution in [0.3, 0.4) is 0 Å². The largest absolute Gasteiger partial charge is 0.490 e. The normalized spacial score (nSPS) is 12.8. The molecule has 0 unspecified atom stereocenters. The molecule has 2 aromatic rings. The standard InChI is InChI=1S/C18H23N3O3.C2HF3O2/c1-12(21-18(23)16(19)11-24-2)17(22)20-10-14-8-5-7-13-6-3-4-9-15(13)14;3-2(4,5)1(6)7/h3-9,12,16H,10-11,19H2,1-2H3,(H,20,22)(H,21,23);(H,6,7)/t12-,16-;/m0./s1. The first-order valence-electron chi connectivity index (χ1n) is 9.06. The highest BCUT2D eigenvalue weighted by Gasteiger charge is 2.38. The molecule has 170 valence electrons. The molecule has 0 aliphatic heterocycles. The molecule has 0 aromatic heterocycles. The van der Waals surface area contributed by atoms with Crippen molar-refractivity contribution in [3.05, 3.63) is 48.0 Å². The number of benzene rings is 2. The predicted octanol–water partition coefficient (Wildman–Crippen LogP) is 1.57. The summed E-state index contributed by atoms with van der Waals surface area (Å²) in [4.78, 5) is 32.9. The summed E-state index contributed by atoms with van der Waals surface area (Å²) in [5.74, 6) is -3.43. The highest BCUT2D eigenvalue weighted by atomic mass is 19.4. The van der Waals surface area contributed by atoms with Crippen LogP contribution >= 0.6 is 0 Å². The molecule has 8 nitrogen and oxygen atoms in total. The van der Waals surface area contributed by atoms with Crippen LogP contribution in [0.15, 0.2) is 42.5 Å². The molecule has 31 heavy (non-hydrogen) atoms. The van der Waals surface area contributed by atoms with Crippen LogP contribution in [0.1, 0.15) is 12.5 Å². The van der Waals surface area contributed by atoms with Gasteiger partial charge in [0.25, 0.3) is 0 Å². The second-order valence-electron chi connectivity index (χ2n) is 6.45. The van der Waals surface area contributed by atoms with Gasteiger partial charge in [-0.05, 0) is 23.3 Å². The number of carboxylic acid groups (broad SMARTS) is 1. The van der Waals surface area contributed by atoms with E-state index in [1.807, 2.05) is 42.5 Å². The van der Waals surface area contributed by atoms with E-state index in [1.165, 1.54) is 7.11 Å². The summed E-state index contributed by atoms with van der Waals surface area (Å²) in [5.41, 5.74) is 6.66. The van der Waals surface area contributed by atoms with Gasteiger partial charge in [-0.25, -0.2) is 4.79 Å². The van der Waals surface area contributed by atoms with Gasteiger partial charge in [0.1, 0.15) is 12.1 Å². The molecule has 0 bridgehead atoms. The Morgan fingerprint density at radius 2 is 1.68 bits per heavy atom. The summed E-state index contributed by atoms with van der Waals surface area (Å²) in [7, 11) is 1.47. The van der Waals surface area contributed by atoms with Crippen molar-refractivity contribution in [2.45, 2.75) is 31.7 Å². The number of nitrogens with one attached hydrogen (secondary N) is 2. The van der Waals surface area contributed by atoms with E-state index in [0.717, 1.165) is 16.3 Å². The van der Waals surface area contributed by atoms with Crippen molar-refractivity contribution in [2.24, 2.45) is 5.73 Å². The maximum atomic E-state index is 12.2. The van der Waals surface area contributed by atoms with Crippen molar-refractivity contribution >= 4 is 28.6 Å². The molecule has 0 saturated heterocycles. The molecular weight excluding hydrogens is 419 g/mol. The molecular formula is C20H24F3N3O5. The highest BCUT2D eigenvalue weighted by Crippen LogP contribution is 2.18. The number of carbonyl (C=O) groups is 3. The van der Waals surface area contributed by atoms with E-state index in [-0.39, 0.29) is 12.5 Å². The molecule has 0 aliphatic rings. The second-order valence-corrected chi connectivity index (χ2v) is 6.45. The molecule has 2 rings (SSSR count). The van der Waals surface area contributed by atoms with E-state index < -0.39 is 30.1 Å². The Morgan fingerprint density at radius 1 is 1.10 bits per heavy atom. The Bertz CT molecular complexity index is 900. The fraction of sp³-hybridized carbons (Fsp3) is 0.350. The van der Waals surface area contributed by atoms with Gasteiger partial charge in [-0.1, -0.05) is 42.5 Å². The Kier molecular flexibility index (Phi) is 9.90. The van der Waals surface area contributed by atoms with E-state index in [4.69, 9.17) is 20.4 Å². The van der Waals surface area contributed by atoms with Crippen LogP contribution in [0.4, 0.5) is 13.2 Å². The van der Waals surface area contributed by atoms with E-state index >= 15 is 0 Å². The number of carboxylic acids is 1. The average molecular weight is 443 g/mol. The van der Waals surface area contributed by atoms with Crippen molar-refractivity contribution in [1.29, 1.82) is 0 Å². The minimum atomic E-state index is -5.08. The lowest BCUT2D eigenvalue weighted by Gasteiger charge is -2.17. The zero-order chi connectivity index (χ0) is 23.6.